The van der Waals surface area contributed by atoms with Crippen LogP contribution in [0.1, 0.15) is 5.56 Å². The van der Waals surface area contributed by atoms with Crippen LogP contribution in [0.25, 0.3) is 11.1 Å². The third-order valence-electron chi connectivity index (χ3n) is 6.22. The molecule has 0 radical (unpaired) electrons. The fourth-order valence-corrected chi connectivity index (χ4v) is 7.36. The molecule has 0 atom stereocenters. The average Bonchev–Trinajstić information content (AvgIpc) is 2.89. The van der Waals surface area contributed by atoms with Crippen molar-refractivity contribution in [2.75, 3.05) is 39.4 Å². The van der Waals surface area contributed by atoms with Crippen molar-refractivity contribution >= 4 is 20.0 Å². The molecule has 0 N–H and O–H groups in total. The van der Waals surface area contributed by atoms with E-state index in [0.717, 1.165) is 11.1 Å². The van der Waals surface area contributed by atoms with Gasteiger partial charge >= 0.3 is 0 Å². The molecule has 0 saturated carbocycles. The maximum Gasteiger partial charge on any atom is 0.243 e. The van der Waals surface area contributed by atoms with E-state index in [-0.39, 0.29) is 36.0 Å². The molecule has 1 fully saturated rings. The number of hydrogen-bond acceptors (Lipinski definition) is 6. The lowest BCUT2D eigenvalue weighted by Gasteiger charge is -2.33. The normalized spacial score (nSPS) is 17.3. The molecule has 2 aliphatic rings. The lowest BCUT2D eigenvalue weighted by Crippen LogP contribution is -2.50. The summed E-state index contributed by atoms with van der Waals surface area (Å²) in [5.41, 5.74) is 2.53. The first-order valence-corrected chi connectivity index (χ1v) is 14.2. The fraction of sp³-hybridized carbons (Fsp3) is 0.280. The van der Waals surface area contributed by atoms with E-state index in [1.807, 2.05) is 37.3 Å². The summed E-state index contributed by atoms with van der Waals surface area (Å²) in [6, 6.07) is 19.1. The first kappa shape index (κ1) is 23.8. The predicted octanol–water partition coefficient (Wildman–Crippen LogP) is 3.13. The Morgan fingerprint density at radius 3 is 1.97 bits per heavy atom. The summed E-state index contributed by atoms with van der Waals surface area (Å²) in [6.07, 6.45) is 0. The van der Waals surface area contributed by atoms with Crippen LogP contribution in [0, 0.1) is 6.92 Å². The van der Waals surface area contributed by atoms with Gasteiger partial charge in [-0.15, -0.1) is 0 Å². The van der Waals surface area contributed by atoms with Crippen LogP contribution in [0.3, 0.4) is 0 Å². The molecule has 3 aromatic rings. The van der Waals surface area contributed by atoms with E-state index in [4.69, 9.17) is 9.47 Å². The quantitative estimate of drug-likeness (QED) is 0.520. The summed E-state index contributed by atoms with van der Waals surface area (Å²) in [4.78, 5) is 0.315. The van der Waals surface area contributed by atoms with E-state index in [2.05, 4.69) is 0 Å². The smallest absolute Gasteiger partial charge is 0.243 e. The van der Waals surface area contributed by atoms with Gasteiger partial charge in [0.25, 0.3) is 0 Å². The molecule has 0 unspecified atom stereocenters. The molecule has 0 aliphatic carbocycles. The molecule has 35 heavy (non-hydrogen) atoms. The van der Waals surface area contributed by atoms with Crippen LogP contribution in [0.2, 0.25) is 0 Å². The van der Waals surface area contributed by atoms with Crippen molar-refractivity contribution in [1.29, 1.82) is 0 Å². The summed E-state index contributed by atoms with van der Waals surface area (Å²) in [5.74, 6) is 0.907. The van der Waals surface area contributed by atoms with Crippen molar-refractivity contribution < 1.29 is 26.3 Å². The first-order chi connectivity index (χ1) is 16.8. The van der Waals surface area contributed by atoms with Gasteiger partial charge < -0.3 is 9.47 Å². The van der Waals surface area contributed by atoms with E-state index in [9.17, 15) is 16.8 Å². The van der Waals surface area contributed by atoms with Crippen molar-refractivity contribution in [2.24, 2.45) is 0 Å². The van der Waals surface area contributed by atoms with Gasteiger partial charge in [0, 0.05) is 37.8 Å². The maximum atomic E-state index is 13.6. The van der Waals surface area contributed by atoms with E-state index >= 15 is 0 Å². The second kappa shape index (κ2) is 9.27. The predicted molar refractivity (Wildman–Crippen MR) is 132 cm³/mol. The second-order valence-electron chi connectivity index (χ2n) is 8.48. The van der Waals surface area contributed by atoms with E-state index in [0.29, 0.717) is 30.3 Å². The Morgan fingerprint density at radius 2 is 1.29 bits per heavy atom. The largest absolute Gasteiger partial charge is 0.486 e. The van der Waals surface area contributed by atoms with Gasteiger partial charge in [-0.1, -0.05) is 48.0 Å². The lowest BCUT2D eigenvalue weighted by molar-refractivity contribution is 0.171. The number of sulfonamides is 2. The van der Waals surface area contributed by atoms with Crippen LogP contribution >= 0.6 is 0 Å². The Balaban J connectivity index is 1.36. The minimum atomic E-state index is -3.82. The summed E-state index contributed by atoms with van der Waals surface area (Å²) >= 11 is 0. The minimum absolute atomic E-state index is 0.0582. The van der Waals surface area contributed by atoms with Gasteiger partial charge in [-0.2, -0.15) is 8.61 Å². The van der Waals surface area contributed by atoms with Gasteiger partial charge in [-0.25, -0.2) is 16.8 Å². The fourth-order valence-electron chi connectivity index (χ4n) is 4.29. The number of ether oxygens (including phenoxy) is 2. The first-order valence-electron chi connectivity index (χ1n) is 11.3. The zero-order chi connectivity index (χ0) is 24.6. The molecule has 184 valence electrons. The van der Waals surface area contributed by atoms with Crippen molar-refractivity contribution in [2.45, 2.75) is 16.7 Å². The Bertz CT molecular complexity index is 1450. The van der Waals surface area contributed by atoms with Crippen LogP contribution in [-0.4, -0.2) is 64.8 Å². The monoisotopic (exact) mass is 514 g/mol. The molecule has 5 rings (SSSR count). The highest BCUT2D eigenvalue weighted by Crippen LogP contribution is 2.34. The minimum Gasteiger partial charge on any atom is -0.486 e. The number of hydrogen-bond donors (Lipinski definition) is 0. The second-order valence-corrected chi connectivity index (χ2v) is 12.3. The number of piperazine rings is 1. The van der Waals surface area contributed by atoms with Crippen molar-refractivity contribution in [3.05, 3.63) is 72.3 Å². The molecule has 0 amide bonds. The van der Waals surface area contributed by atoms with Crippen LogP contribution in [0.5, 0.6) is 11.5 Å². The molecule has 1 saturated heterocycles. The topological polar surface area (TPSA) is 93.2 Å². The van der Waals surface area contributed by atoms with Crippen LogP contribution in [0.4, 0.5) is 0 Å². The maximum absolute atomic E-state index is 13.6. The highest BCUT2D eigenvalue weighted by Gasteiger charge is 2.35. The standard InChI is InChI=1S/C25H26N2O6S2/c1-19-6-8-20(9-7-19)22-4-2-3-5-25(22)35(30,31)27-14-12-26(13-15-27)34(28,29)21-10-11-23-24(18-21)33-17-16-32-23/h2-11,18H,12-17H2,1H3. The van der Waals surface area contributed by atoms with E-state index in [1.165, 1.54) is 20.7 Å². The van der Waals surface area contributed by atoms with Gasteiger partial charge in [0.2, 0.25) is 20.0 Å². The molecular weight excluding hydrogens is 488 g/mol. The number of fused-ring (bicyclic) bond motifs is 1. The van der Waals surface area contributed by atoms with Crippen molar-refractivity contribution in [3.63, 3.8) is 0 Å². The van der Waals surface area contributed by atoms with Gasteiger partial charge in [0.15, 0.2) is 11.5 Å². The Morgan fingerprint density at radius 1 is 0.686 bits per heavy atom. The van der Waals surface area contributed by atoms with Crippen LogP contribution < -0.4 is 9.47 Å². The Hall–Kier alpha value is -2.92. The molecule has 2 aliphatic heterocycles. The summed E-state index contributed by atoms with van der Waals surface area (Å²) in [6.45, 7) is 3.00. The van der Waals surface area contributed by atoms with Crippen LogP contribution in [0.15, 0.2) is 76.5 Å². The summed E-state index contributed by atoms with van der Waals surface area (Å²) in [5, 5.41) is 0. The number of aryl methyl sites for hydroxylation is 1. The van der Waals surface area contributed by atoms with Gasteiger partial charge in [0.1, 0.15) is 13.2 Å². The number of benzene rings is 3. The molecule has 10 heteroatoms. The number of nitrogens with zero attached hydrogens (tertiary/aromatic N) is 2. The third-order valence-corrected chi connectivity index (χ3v) is 10.1. The summed E-state index contributed by atoms with van der Waals surface area (Å²) < 4.78 is 67.2. The third kappa shape index (κ3) is 4.54. The van der Waals surface area contributed by atoms with Crippen molar-refractivity contribution in [1.82, 2.24) is 8.61 Å². The average molecular weight is 515 g/mol. The van der Waals surface area contributed by atoms with E-state index < -0.39 is 20.0 Å². The molecule has 3 aromatic carbocycles. The molecule has 0 bridgehead atoms. The SMILES string of the molecule is Cc1ccc(-c2ccccc2S(=O)(=O)N2CCN(S(=O)(=O)c3ccc4c(c3)OCCO4)CC2)cc1. The number of rotatable bonds is 5. The van der Waals surface area contributed by atoms with Gasteiger partial charge in [-0.3, -0.25) is 0 Å². The highest BCUT2D eigenvalue weighted by atomic mass is 32.2. The Labute approximate surface area is 205 Å². The molecule has 2 heterocycles. The van der Waals surface area contributed by atoms with E-state index in [1.54, 1.807) is 24.3 Å². The molecule has 8 nitrogen and oxygen atoms in total. The van der Waals surface area contributed by atoms with Gasteiger partial charge in [-0.05, 0) is 30.7 Å². The zero-order valence-electron chi connectivity index (χ0n) is 19.3. The highest BCUT2D eigenvalue weighted by molar-refractivity contribution is 7.89. The summed E-state index contributed by atoms with van der Waals surface area (Å²) in [7, 11) is -7.63. The van der Waals surface area contributed by atoms with Gasteiger partial charge in [0.05, 0.1) is 9.79 Å². The lowest BCUT2D eigenvalue weighted by atomic mass is 10.0. The van der Waals surface area contributed by atoms with Crippen LogP contribution in [-0.2, 0) is 20.0 Å². The van der Waals surface area contributed by atoms with Crippen molar-refractivity contribution in [3.8, 4) is 22.6 Å². The molecule has 0 spiro atoms. The Kier molecular flexibility index (Phi) is 6.30. The zero-order valence-corrected chi connectivity index (χ0v) is 20.9. The molecular formula is C25H26N2O6S2. The molecule has 0 aromatic heterocycles.